The minimum atomic E-state index is -0.180. The Morgan fingerprint density at radius 1 is 1.45 bits per heavy atom. The van der Waals surface area contributed by atoms with Gasteiger partial charge in [0, 0.05) is 36.9 Å². The molecule has 0 aliphatic carbocycles. The van der Waals surface area contributed by atoms with Gasteiger partial charge >= 0.3 is 6.03 Å². The Morgan fingerprint density at radius 3 is 3.05 bits per heavy atom. The summed E-state index contributed by atoms with van der Waals surface area (Å²) in [5.41, 5.74) is 1.77. The number of hydrogen-bond donors (Lipinski definition) is 2. The molecule has 0 spiro atoms. The first-order valence-electron chi connectivity index (χ1n) is 7.08. The van der Waals surface area contributed by atoms with Crippen LogP contribution in [-0.4, -0.2) is 32.4 Å². The topological polar surface area (TPSA) is 59.6 Å². The van der Waals surface area contributed by atoms with E-state index in [9.17, 15) is 4.79 Å². The van der Waals surface area contributed by atoms with E-state index in [1.54, 1.807) is 0 Å². The Hall–Kier alpha value is -1.59. The number of benzene rings is 1. The summed E-state index contributed by atoms with van der Waals surface area (Å²) in [6, 6.07) is 7.49. The monoisotopic (exact) mass is 278 g/mol. The molecule has 0 bridgehead atoms. The zero-order chi connectivity index (χ0) is 14.2. The third-order valence-electron chi connectivity index (χ3n) is 3.30. The van der Waals surface area contributed by atoms with Crippen molar-refractivity contribution in [2.24, 2.45) is 5.92 Å². The summed E-state index contributed by atoms with van der Waals surface area (Å²) < 4.78 is 10.7. The normalized spacial score (nSPS) is 17.9. The van der Waals surface area contributed by atoms with E-state index in [1.165, 1.54) is 0 Å². The van der Waals surface area contributed by atoms with Gasteiger partial charge < -0.3 is 20.1 Å². The molecule has 1 aliphatic rings. The molecule has 1 saturated heterocycles. The third-order valence-corrected chi connectivity index (χ3v) is 3.30. The van der Waals surface area contributed by atoms with Gasteiger partial charge in [0.25, 0.3) is 0 Å². The number of para-hydroxylation sites is 1. The van der Waals surface area contributed by atoms with Crippen LogP contribution in [0.5, 0.6) is 0 Å². The lowest BCUT2D eigenvalue weighted by atomic mass is 10.1. The highest BCUT2D eigenvalue weighted by molar-refractivity contribution is 5.90. The second-order valence-electron chi connectivity index (χ2n) is 4.86. The molecule has 2 N–H and O–H groups in total. The molecule has 0 aromatic heterocycles. The number of hydrogen-bond acceptors (Lipinski definition) is 3. The summed E-state index contributed by atoms with van der Waals surface area (Å²) in [6.07, 6.45) is 1.02. The van der Waals surface area contributed by atoms with Crippen molar-refractivity contribution in [2.45, 2.75) is 20.0 Å². The van der Waals surface area contributed by atoms with Crippen molar-refractivity contribution in [3.05, 3.63) is 29.8 Å². The van der Waals surface area contributed by atoms with Gasteiger partial charge in [-0.15, -0.1) is 0 Å². The highest BCUT2D eigenvalue weighted by Gasteiger charge is 2.16. The fraction of sp³-hybridized carbons (Fsp3) is 0.533. The number of ether oxygens (including phenoxy) is 2. The van der Waals surface area contributed by atoms with Gasteiger partial charge in [0.2, 0.25) is 0 Å². The molecule has 2 amide bonds. The Kier molecular flexibility index (Phi) is 5.83. The van der Waals surface area contributed by atoms with Gasteiger partial charge in [-0.2, -0.15) is 0 Å². The van der Waals surface area contributed by atoms with Gasteiger partial charge in [-0.1, -0.05) is 18.2 Å². The van der Waals surface area contributed by atoms with E-state index in [4.69, 9.17) is 9.47 Å². The molecule has 0 radical (unpaired) electrons. The van der Waals surface area contributed by atoms with Crippen LogP contribution in [-0.2, 0) is 16.1 Å². The second kappa shape index (κ2) is 7.87. The largest absolute Gasteiger partial charge is 0.381 e. The third kappa shape index (κ3) is 4.51. The van der Waals surface area contributed by atoms with Crippen LogP contribution in [0.1, 0.15) is 18.9 Å². The maximum Gasteiger partial charge on any atom is 0.319 e. The van der Waals surface area contributed by atoms with Crippen molar-refractivity contribution in [3.8, 4) is 0 Å². The molecular formula is C15H22N2O3. The molecule has 1 heterocycles. The van der Waals surface area contributed by atoms with Gasteiger partial charge in [-0.05, 0) is 19.4 Å². The molecule has 1 fully saturated rings. The Morgan fingerprint density at radius 2 is 2.30 bits per heavy atom. The first-order valence-corrected chi connectivity index (χ1v) is 7.08. The van der Waals surface area contributed by atoms with Crippen LogP contribution < -0.4 is 10.6 Å². The number of urea groups is 1. The van der Waals surface area contributed by atoms with Crippen LogP contribution in [0, 0.1) is 5.92 Å². The molecular weight excluding hydrogens is 256 g/mol. The molecule has 5 nitrogen and oxygen atoms in total. The van der Waals surface area contributed by atoms with Gasteiger partial charge in [-0.3, -0.25) is 0 Å². The van der Waals surface area contributed by atoms with Crippen LogP contribution in [0.3, 0.4) is 0 Å². The minimum absolute atomic E-state index is 0.180. The minimum Gasteiger partial charge on any atom is -0.381 e. The SMILES string of the molecule is CCOCc1ccccc1NC(=O)NCC1CCOC1. The van der Waals surface area contributed by atoms with Crippen LogP contribution in [0.2, 0.25) is 0 Å². The number of anilines is 1. The van der Waals surface area contributed by atoms with Gasteiger partial charge in [0.15, 0.2) is 0 Å². The fourth-order valence-electron chi connectivity index (χ4n) is 2.13. The van der Waals surface area contributed by atoms with Crippen molar-refractivity contribution >= 4 is 11.7 Å². The lowest BCUT2D eigenvalue weighted by molar-refractivity contribution is 0.134. The number of carbonyl (C=O) groups is 1. The van der Waals surface area contributed by atoms with E-state index in [1.807, 2.05) is 31.2 Å². The van der Waals surface area contributed by atoms with E-state index in [-0.39, 0.29) is 6.03 Å². The fourth-order valence-corrected chi connectivity index (χ4v) is 2.13. The second-order valence-corrected chi connectivity index (χ2v) is 4.86. The molecule has 1 unspecified atom stereocenters. The van der Waals surface area contributed by atoms with Crippen LogP contribution in [0.25, 0.3) is 0 Å². The highest BCUT2D eigenvalue weighted by Crippen LogP contribution is 2.16. The van der Waals surface area contributed by atoms with Crippen LogP contribution >= 0.6 is 0 Å². The molecule has 2 rings (SSSR count). The van der Waals surface area contributed by atoms with Crippen LogP contribution in [0.4, 0.5) is 10.5 Å². The number of amides is 2. The smallest absolute Gasteiger partial charge is 0.319 e. The van der Waals surface area contributed by atoms with E-state index in [0.717, 1.165) is 30.9 Å². The summed E-state index contributed by atoms with van der Waals surface area (Å²) in [6.45, 7) is 5.30. The quantitative estimate of drug-likeness (QED) is 0.840. The molecule has 5 heteroatoms. The Balaban J connectivity index is 1.83. The van der Waals surface area contributed by atoms with E-state index in [0.29, 0.717) is 25.7 Å². The Labute approximate surface area is 119 Å². The van der Waals surface area contributed by atoms with Crippen molar-refractivity contribution < 1.29 is 14.3 Å². The lowest BCUT2D eigenvalue weighted by Gasteiger charge is -2.13. The Bertz CT molecular complexity index is 431. The molecule has 1 atom stereocenters. The van der Waals surface area contributed by atoms with Crippen molar-refractivity contribution in [3.63, 3.8) is 0 Å². The maximum absolute atomic E-state index is 11.9. The van der Waals surface area contributed by atoms with E-state index in [2.05, 4.69) is 10.6 Å². The van der Waals surface area contributed by atoms with Crippen molar-refractivity contribution in [2.75, 3.05) is 31.7 Å². The molecule has 1 aromatic carbocycles. The predicted molar refractivity (Wildman–Crippen MR) is 77.7 cm³/mol. The zero-order valence-corrected chi connectivity index (χ0v) is 11.9. The average Bonchev–Trinajstić information content (AvgIpc) is 2.97. The average molecular weight is 278 g/mol. The number of rotatable bonds is 6. The summed E-state index contributed by atoms with van der Waals surface area (Å²) in [5, 5.41) is 5.76. The standard InChI is InChI=1S/C15H22N2O3/c1-2-19-11-13-5-3-4-6-14(13)17-15(18)16-9-12-7-8-20-10-12/h3-6,12H,2,7-11H2,1H3,(H2,16,17,18). The van der Waals surface area contributed by atoms with Gasteiger partial charge in [0.1, 0.15) is 0 Å². The summed E-state index contributed by atoms with van der Waals surface area (Å²) >= 11 is 0. The molecule has 110 valence electrons. The first kappa shape index (κ1) is 14.8. The van der Waals surface area contributed by atoms with Crippen molar-refractivity contribution in [1.82, 2.24) is 5.32 Å². The number of nitrogens with one attached hydrogen (secondary N) is 2. The zero-order valence-electron chi connectivity index (χ0n) is 11.9. The summed E-state index contributed by atoms with van der Waals surface area (Å²) in [7, 11) is 0. The molecule has 0 saturated carbocycles. The number of carbonyl (C=O) groups excluding carboxylic acids is 1. The lowest BCUT2D eigenvalue weighted by Crippen LogP contribution is -2.33. The molecule has 1 aromatic rings. The van der Waals surface area contributed by atoms with Gasteiger partial charge in [0.05, 0.1) is 13.2 Å². The maximum atomic E-state index is 11.9. The van der Waals surface area contributed by atoms with Crippen LogP contribution in [0.15, 0.2) is 24.3 Å². The summed E-state index contributed by atoms with van der Waals surface area (Å²) in [5.74, 6) is 0.430. The van der Waals surface area contributed by atoms with Gasteiger partial charge in [-0.25, -0.2) is 4.79 Å². The van der Waals surface area contributed by atoms with E-state index >= 15 is 0 Å². The molecule has 20 heavy (non-hydrogen) atoms. The summed E-state index contributed by atoms with van der Waals surface area (Å²) in [4.78, 5) is 11.9. The van der Waals surface area contributed by atoms with Crippen molar-refractivity contribution in [1.29, 1.82) is 0 Å². The highest BCUT2D eigenvalue weighted by atomic mass is 16.5. The predicted octanol–water partition coefficient (Wildman–Crippen LogP) is 2.38. The van der Waals surface area contributed by atoms with E-state index < -0.39 is 0 Å². The molecule has 1 aliphatic heterocycles. The first-order chi connectivity index (χ1) is 9.79.